The Morgan fingerprint density at radius 3 is 2.69 bits per heavy atom. The molecular weight excluding hydrogens is 344 g/mol. The van der Waals surface area contributed by atoms with Gasteiger partial charge in [0.15, 0.2) is 5.11 Å². The number of nitriles is 1. The molecule has 0 saturated carbocycles. The summed E-state index contributed by atoms with van der Waals surface area (Å²) in [4.78, 5) is 2.41. The van der Waals surface area contributed by atoms with Gasteiger partial charge in [0.1, 0.15) is 0 Å². The summed E-state index contributed by atoms with van der Waals surface area (Å²) in [5, 5.41) is 15.7. The molecule has 0 spiro atoms. The van der Waals surface area contributed by atoms with Crippen molar-refractivity contribution in [1.82, 2.24) is 10.2 Å². The molecule has 2 aromatic carbocycles. The molecule has 0 unspecified atom stereocenters. The maximum Gasteiger partial charge on any atom is 0.170 e. The van der Waals surface area contributed by atoms with Crippen LogP contribution in [0.25, 0.3) is 0 Å². The van der Waals surface area contributed by atoms with Crippen molar-refractivity contribution in [2.75, 3.05) is 31.6 Å². The highest BCUT2D eigenvalue weighted by Gasteiger charge is 2.20. The molecule has 0 amide bonds. The fourth-order valence-electron chi connectivity index (χ4n) is 2.90. The average Bonchev–Trinajstić information content (AvgIpc) is 2.68. The Bertz CT molecular complexity index is 758. The molecule has 1 aliphatic heterocycles. The molecule has 134 valence electrons. The predicted octanol–water partition coefficient (Wildman–Crippen LogP) is 2.75. The maximum absolute atomic E-state index is 8.83. The zero-order chi connectivity index (χ0) is 18.2. The zero-order valence-corrected chi connectivity index (χ0v) is 15.3. The van der Waals surface area contributed by atoms with Crippen LogP contribution in [0.4, 0.5) is 5.69 Å². The molecule has 1 fully saturated rings. The number of nitrogens with one attached hydrogen (secondary N) is 2. The molecule has 2 aromatic rings. The van der Waals surface area contributed by atoms with Crippen molar-refractivity contribution in [2.24, 2.45) is 0 Å². The predicted molar refractivity (Wildman–Crippen MR) is 107 cm³/mol. The van der Waals surface area contributed by atoms with E-state index < -0.39 is 0 Å². The Labute approximate surface area is 159 Å². The zero-order valence-electron chi connectivity index (χ0n) is 14.5. The molecule has 5 nitrogen and oxygen atoms in total. The highest BCUT2D eigenvalue weighted by atomic mass is 32.1. The Balaban J connectivity index is 1.43. The molecule has 1 heterocycles. The second kappa shape index (κ2) is 9.30. The molecule has 2 N–H and O–H groups in total. The van der Waals surface area contributed by atoms with Gasteiger partial charge < -0.3 is 15.4 Å². The average molecular weight is 366 g/mol. The van der Waals surface area contributed by atoms with Gasteiger partial charge in [0.05, 0.1) is 24.3 Å². The monoisotopic (exact) mass is 366 g/mol. The van der Waals surface area contributed by atoms with Crippen LogP contribution in [-0.4, -0.2) is 42.4 Å². The Kier molecular flexibility index (Phi) is 6.56. The number of ether oxygens (including phenoxy) is 1. The quantitative estimate of drug-likeness (QED) is 0.794. The number of benzene rings is 2. The molecule has 1 aliphatic rings. The van der Waals surface area contributed by atoms with Gasteiger partial charge in [-0.25, -0.2) is 0 Å². The number of anilines is 1. The minimum Gasteiger partial charge on any atom is -0.374 e. The van der Waals surface area contributed by atoms with Gasteiger partial charge in [-0.1, -0.05) is 30.3 Å². The van der Waals surface area contributed by atoms with Crippen LogP contribution in [0.15, 0.2) is 54.6 Å². The van der Waals surface area contributed by atoms with Gasteiger partial charge in [0.25, 0.3) is 0 Å². The van der Waals surface area contributed by atoms with E-state index in [0.717, 1.165) is 31.9 Å². The largest absolute Gasteiger partial charge is 0.374 e. The molecule has 0 bridgehead atoms. The van der Waals surface area contributed by atoms with Crippen molar-refractivity contribution >= 4 is 23.0 Å². The van der Waals surface area contributed by atoms with E-state index in [1.165, 1.54) is 5.56 Å². The van der Waals surface area contributed by atoms with Gasteiger partial charge in [0, 0.05) is 31.9 Å². The summed E-state index contributed by atoms with van der Waals surface area (Å²) in [6.45, 7) is 4.15. The fraction of sp³-hybridized carbons (Fsp3) is 0.300. The standard InChI is InChI=1S/C20H22N4OS/c21-12-16-6-8-18(9-7-16)23-20(26)22-13-19-15-24(10-11-25-19)14-17-4-2-1-3-5-17/h1-9,19H,10-11,13-15H2,(H2,22,23,26)/t19-/m0/s1. The number of nitrogens with zero attached hydrogens (tertiary/aromatic N) is 2. The first-order chi connectivity index (χ1) is 12.7. The van der Waals surface area contributed by atoms with E-state index in [0.29, 0.717) is 17.2 Å². The third-order valence-corrected chi connectivity index (χ3v) is 4.48. The first kappa shape index (κ1) is 18.3. The summed E-state index contributed by atoms with van der Waals surface area (Å²) < 4.78 is 5.85. The van der Waals surface area contributed by atoms with Crippen molar-refractivity contribution in [3.8, 4) is 6.07 Å². The minimum absolute atomic E-state index is 0.105. The van der Waals surface area contributed by atoms with Crippen LogP contribution in [-0.2, 0) is 11.3 Å². The molecule has 3 rings (SSSR count). The van der Waals surface area contributed by atoms with Crippen molar-refractivity contribution in [2.45, 2.75) is 12.6 Å². The van der Waals surface area contributed by atoms with Crippen molar-refractivity contribution in [3.05, 3.63) is 65.7 Å². The fourth-order valence-corrected chi connectivity index (χ4v) is 3.10. The van der Waals surface area contributed by atoms with Crippen molar-refractivity contribution < 1.29 is 4.74 Å². The number of hydrogen-bond donors (Lipinski definition) is 2. The van der Waals surface area contributed by atoms with E-state index in [4.69, 9.17) is 22.2 Å². The van der Waals surface area contributed by atoms with E-state index in [1.807, 2.05) is 18.2 Å². The Morgan fingerprint density at radius 1 is 1.19 bits per heavy atom. The molecular formula is C20H22N4OS. The maximum atomic E-state index is 8.83. The third kappa shape index (κ3) is 5.53. The van der Waals surface area contributed by atoms with Crippen molar-refractivity contribution in [1.29, 1.82) is 5.26 Å². The first-order valence-corrected chi connectivity index (χ1v) is 9.06. The van der Waals surface area contributed by atoms with Crippen LogP contribution in [0, 0.1) is 11.3 Å². The normalized spacial score (nSPS) is 17.3. The van der Waals surface area contributed by atoms with E-state index in [9.17, 15) is 0 Å². The lowest BCUT2D eigenvalue weighted by atomic mass is 10.2. The topological polar surface area (TPSA) is 60.3 Å². The highest BCUT2D eigenvalue weighted by molar-refractivity contribution is 7.80. The van der Waals surface area contributed by atoms with E-state index in [-0.39, 0.29) is 6.10 Å². The SMILES string of the molecule is N#Cc1ccc(NC(=S)NC[C@H]2CN(Cc3ccccc3)CCO2)cc1. The highest BCUT2D eigenvalue weighted by Crippen LogP contribution is 2.11. The smallest absolute Gasteiger partial charge is 0.170 e. The molecule has 0 aliphatic carbocycles. The number of morpholine rings is 1. The lowest BCUT2D eigenvalue weighted by Crippen LogP contribution is -2.47. The minimum atomic E-state index is 0.105. The Morgan fingerprint density at radius 2 is 1.96 bits per heavy atom. The number of rotatable bonds is 5. The number of hydrogen-bond acceptors (Lipinski definition) is 4. The summed E-state index contributed by atoms with van der Waals surface area (Å²) in [7, 11) is 0. The van der Waals surface area contributed by atoms with Crippen LogP contribution >= 0.6 is 12.2 Å². The lowest BCUT2D eigenvalue weighted by molar-refractivity contribution is -0.0279. The van der Waals surface area contributed by atoms with E-state index in [2.05, 4.69) is 45.9 Å². The molecule has 0 aromatic heterocycles. The molecule has 6 heteroatoms. The molecule has 1 atom stereocenters. The first-order valence-electron chi connectivity index (χ1n) is 8.66. The van der Waals surface area contributed by atoms with Crippen LogP contribution in [0.3, 0.4) is 0 Å². The second-order valence-electron chi connectivity index (χ2n) is 6.24. The summed E-state index contributed by atoms with van der Waals surface area (Å²) >= 11 is 5.34. The molecule has 1 saturated heterocycles. The second-order valence-corrected chi connectivity index (χ2v) is 6.65. The van der Waals surface area contributed by atoms with Gasteiger partial charge in [-0.15, -0.1) is 0 Å². The summed E-state index contributed by atoms with van der Waals surface area (Å²) in [6.07, 6.45) is 0.105. The molecule has 26 heavy (non-hydrogen) atoms. The van der Waals surface area contributed by atoms with Gasteiger partial charge in [0.2, 0.25) is 0 Å². The van der Waals surface area contributed by atoms with Crippen LogP contribution in [0.5, 0.6) is 0 Å². The summed E-state index contributed by atoms with van der Waals surface area (Å²) in [5.41, 5.74) is 2.81. The summed E-state index contributed by atoms with van der Waals surface area (Å²) in [5.74, 6) is 0. The van der Waals surface area contributed by atoms with E-state index >= 15 is 0 Å². The van der Waals surface area contributed by atoms with Gasteiger partial charge >= 0.3 is 0 Å². The van der Waals surface area contributed by atoms with Gasteiger partial charge in [-0.05, 0) is 42.0 Å². The molecule has 0 radical (unpaired) electrons. The third-order valence-electron chi connectivity index (χ3n) is 4.23. The van der Waals surface area contributed by atoms with Gasteiger partial charge in [-0.2, -0.15) is 5.26 Å². The van der Waals surface area contributed by atoms with E-state index in [1.54, 1.807) is 12.1 Å². The van der Waals surface area contributed by atoms with Crippen LogP contribution in [0.2, 0.25) is 0 Å². The van der Waals surface area contributed by atoms with Crippen LogP contribution in [0.1, 0.15) is 11.1 Å². The van der Waals surface area contributed by atoms with Gasteiger partial charge in [-0.3, -0.25) is 4.90 Å². The van der Waals surface area contributed by atoms with Crippen LogP contribution < -0.4 is 10.6 Å². The Hall–Kier alpha value is -2.46. The lowest BCUT2D eigenvalue weighted by Gasteiger charge is -2.33. The summed E-state index contributed by atoms with van der Waals surface area (Å²) in [6, 6.07) is 19.8. The number of thiocarbonyl (C=S) groups is 1. The van der Waals surface area contributed by atoms with Crippen molar-refractivity contribution in [3.63, 3.8) is 0 Å².